The quantitative estimate of drug-likeness (QED) is 0.472. The molecule has 0 heterocycles. The Kier molecular flexibility index (Phi) is 9.25. The molecule has 0 aromatic heterocycles. The molecule has 5 nitrogen and oxygen atoms in total. The molecule has 1 N–H and O–H groups in total. The summed E-state index contributed by atoms with van der Waals surface area (Å²) >= 11 is 0. The number of rotatable bonds is 15. The van der Waals surface area contributed by atoms with E-state index in [1.165, 1.54) is 18.4 Å². The van der Waals surface area contributed by atoms with Crippen LogP contribution in [-0.2, 0) is 19.8 Å². The van der Waals surface area contributed by atoms with Crippen LogP contribution in [0.4, 0.5) is 0 Å². The number of carbonyl (C=O) groups is 1. The Hall–Kier alpha value is -1.43. The molecule has 0 saturated heterocycles. The molecular formula is C22H35NO4. The summed E-state index contributed by atoms with van der Waals surface area (Å²) < 4.78 is 16.7. The van der Waals surface area contributed by atoms with Crippen molar-refractivity contribution >= 4 is 5.78 Å². The third kappa shape index (κ3) is 7.60. The number of ketones is 1. The molecule has 0 atom stereocenters. The zero-order valence-electron chi connectivity index (χ0n) is 17.1. The molecule has 1 aliphatic carbocycles. The van der Waals surface area contributed by atoms with E-state index >= 15 is 0 Å². The Morgan fingerprint density at radius 3 is 2.26 bits per heavy atom. The second kappa shape index (κ2) is 11.4. The first-order chi connectivity index (χ1) is 13.1. The monoisotopic (exact) mass is 377 g/mol. The second-order valence-electron chi connectivity index (χ2n) is 7.48. The lowest BCUT2D eigenvalue weighted by molar-refractivity contribution is -0.126. The molecule has 1 aromatic rings. The van der Waals surface area contributed by atoms with Crippen LogP contribution < -0.4 is 10.1 Å². The zero-order chi connectivity index (χ0) is 19.5. The first-order valence-corrected chi connectivity index (χ1v) is 10.2. The molecule has 1 fully saturated rings. The molecule has 2 rings (SSSR count). The van der Waals surface area contributed by atoms with Crippen LogP contribution in [0.1, 0.15) is 52.0 Å². The van der Waals surface area contributed by atoms with Gasteiger partial charge >= 0.3 is 0 Å². The number of ether oxygens (including phenoxy) is 3. The first kappa shape index (κ1) is 21.9. The minimum Gasteiger partial charge on any atom is -0.494 e. The highest BCUT2D eigenvalue weighted by atomic mass is 16.5. The lowest BCUT2D eigenvalue weighted by atomic mass is 10.0. The van der Waals surface area contributed by atoms with Crippen molar-refractivity contribution in [3.8, 4) is 5.75 Å². The summed E-state index contributed by atoms with van der Waals surface area (Å²) in [4.78, 5) is 11.4. The van der Waals surface area contributed by atoms with E-state index in [4.69, 9.17) is 14.2 Å². The smallest absolute Gasteiger partial charge is 0.160 e. The van der Waals surface area contributed by atoms with Crippen LogP contribution >= 0.6 is 0 Å². The molecule has 0 bridgehead atoms. The third-order valence-corrected chi connectivity index (χ3v) is 4.84. The lowest BCUT2D eigenvalue weighted by Gasteiger charge is -2.17. The van der Waals surface area contributed by atoms with Gasteiger partial charge in [-0.2, -0.15) is 0 Å². The Labute approximate surface area is 163 Å². The lowest BCUT2D eigenvalue weighted by Crippen LogP contribution is -2.28. The van der Waals surface area contributed by atoms with Crippen molar-refractivity contribution in [2.75, 3.05) is 39.6 Å². The zero-order valence-corrected chi connectivity index (χ0v) is 17.1. The maximum atomic E-state index is 11.4. The summed E-state index contributed by atoms with van der Waals surface area (Å²) in [5.41, 5.74) is 1.57. The van der Waals surface area contributed by atoms with Gasteiger partial charge in [0.25, 0.3) is 0 Å². The number of hydrogen-bond acceptors (Lipinski definition) is 5. The third-order valence-electron chi connectivity index (χ3n) is 4.84. The van der Waals surface area contributed by atoms with Crippen LogP contribution in [0.2, 0.25) is 0 Å². The van der Waals surface area contributed by atoms with E-state index in [2.05, 4.69) is 36.5 Å². The van der Waals surface area contributed by atoms with E-state index in [-0.39, 0.29) is 23.8 Å². The minimum atomic E-state index is 0.0419. The summed E-state index contributed by atoms with van der Waals surface area (Å²) in [6.45, 7) is 9.67. The molecular weight excluding hydrogens is 342 g/mol. The van der Waals surface area contributed by atoms with E-state index < -0.39 is 0 Å². The SMILES string of the molecule is CCNC1(c2ccc(OCCCOCCCOCC(=O)C(C)C)cc2)CC1. The van der Waals surface area contributed by atoms with Crippen molar-refractivity contribution in [3.63, 3.8) is 0 Å². The van der Waals surface area contributed by atoms with E-state index in [1.54, 1.807) is 0 Å². The standard InChI is InChI=1S/C22H35NO4/c1-4-23-22(11-12-22)19-7-9-20(10-8-19)27-16-6-14-25-13-5-15-26-17-21(24)18(2)3/h7-10,18,23H,4-6,11-17H2,1-3H3. The van der Waals surface area contributed by atoms with Crippen molar-refractivity contribution < 1.29 is 19.0 Å². The van der Waals surface area contributed by atoms with E-state index in [0.29, 0.717) is 26.4 Å². The van der Waals surface area contributed by atoms with Crippen molar-refractivity contribution in [3.05, 3.63) is 29.8 Å². The first-order valence-electron chi connectivity index (χ1n) is 10.2. The molecule has 1 aliphatic rings. The van der Waals surface area contributed by atoms with Gasteiger partial charge in [-0.1, -0.05) is 32.9 Å². The molecule has 5 heteroatoms. The van der Waals surface area contributed by atoms with Crippen LogP contribution in [-0.4, -0.2) is 45.4 Å². The summed E-state index contributed by atoms with van der Waals surface area (Å²) in [6, 6.07) is 8.46. The van der Waals surface area contributed by atoms with Crippen LogP contribution in [0, 0.1) is 5.92 Å². The molecule has 1 aromatic carbocycles. The number of carbonyl (C=O) groups excluding carboxylic acids is 1. The second-order valence-corrected chi connectivity index (χ2v) is 7.48. The molecule has 0 radical (unpaired) electrons. The van der Waals surface area contributed by atoms with Gasteiger partial charge in [0, 0.05) is 37.7 Å². The number of nitrogens with one attached hydrogen (secondary N) is 1. The highest BCUT2D eigenvalue weighted by Crippen LogP contribution is 2.45. The van der Waals surface area contributed by atoms with Gasteiger partial charge in [0.05, 0.1) is 6.61 Å². The maximum Gasteiger partial charge on any atom is 0.160 e. The fourth-order valence-electron chi connectivity index (χ4n) is 2.96. The van der Waals surface area contributed by atoms with Gasteiger partial charge in [-0.05, 0) is 43.5 Å². The van der Waals surface area contributed by atoms with Crippen LogP contribution in [0.5, 0.6) is 5.75 Å². The number of benzene rings is 1. The molecule has 0 unspecified atom stereocenters. The molecule has 0 aliphatic heterocycles. The average Bonchev–Trinajstić information content (AvgIpc) is 3.44. The Balaban J connectivity index is 1.47. The molecule has 27 heavy (non-hydrogen) atoms. The van der Waals surface area contributed by atoms with Gasteiger partial charge in [-0.15, -0.1) is 0 Å². The maximum absolute atomic E-state index is 11.4. The minimum absolute atomic E-state index is 0.0419. The van der Waals surface area contributed by atoms with Crippen molar-refractivity contribution in [1.29, 1.82) is 0 Å². The van der Waals surface area contributed by atoms with E-state index in [9.17, 15) is 4.79 Å². The van der Waals surface area contributed by atoms with E-state index in [0.717, 1.165) is 25.1 Å². The fourth-order valence-corrected chi connectivity index (χ4v) is 2.96. The van der Waals surface area contributed by atoms with Crippen molar-refractivity contribution in [1.82, 2.24) is 5.32 Å². The molecule has 0 amide bonds. The van der Waals surface area contributed by atoms with Gasteiger partial charge in [0.15, 0.2) is 5.78 Å². The highest BCUT2D eigenvalue weighted by molar-refractivity contribution is 5.81. The van der Waals surface area contributed by atoms with Crippen LogP contribution in [0.15, 0.2) is 24.3 Å². The average molecular weight is 378 g/mol. The summed E-state index contributed by atoms with van der Waals surface area (Å²) in [5, 5.41) is 3.58. The predicted octanol–water partition coefficient (Wildman–Crippen LogP) is 3.70. The van der Waals surface area contributed by atoms with Gasteiger partial charge in [0.1, 0.15) is 12.4 Å². The van der Waals surface area contributed by atoms with Gasteiger partial charge < -0.3 is 19.5 Å². The number of Topliss-reactive ketones (excluding diaryl/α,β-unsaturated/α-hetero) is 1. The fraction of sp³-hybridized carbons (Fsp3) is 0.682. The van der Waals surface area contributed by atoms with Crippen molar-refractivity contribution in [2.24, 2.45) is 5.92 Å². The topological polar surface area (TPSA) is 56.8 Å². The van der Waals surface area contributed by atoms with Gasteiger partial charge in [-0.25, -0.2) is 0 Å². The van der Waals surface area contributed by atoms with Gasteiger partial charge in [0.2, 0.25) is 0 Å². The summed E-state index contributed by atoms with van der Waals surface area (Å²) in [6.07, 6.45) is 4.10. The summed E-state index contributed by atoms with van der Waals surface area (Å²) in [5.74, 6) is 1.10. The predicted molar refractivity (Wildman–Crippen MR) is 107 cm³/mol. The molecule has 152 valence electrons. The highest BCUT2D eigenvalue weighted by Gasteiger charge is 2.43. The Morgan fingerprint density at radius 1 is 1.04 bits per heavy atom. The van der Waals surface area contributed by atoms with Crippen LogP contribution in [0.25, 0.3) is 0 Å². The summed E-state index contributed by atoms with van der Waals surface area (Å²) in [7, 11) is 0. The largest absolute Gasteiger partial charge is 0.494 e. The molecule has 0 spiro atoms. The van der Waals surface area contributed by atoms with Crippen LogP contribution in [0.3, 0.4) is 0 Å². The Bertz CT molecular complexity index is 552. The van der Waals surface area contributed by atoms with Crippen molar-refractivity contribution in [2.45, 2.75) is 52.0 Å². The van der Waals surface area contributed by atoms with E-state index in [1.807, 2.05) is 13.8 Å². The number of hydrogen-bond donors (Lipinski definition) is 1. The normalized spacial score (nSPS) is 15.1. The Morgan fingerprint density at radius 2 is 1.67 bits per heavy atom. The van der Waals surface area contributed by atoms with Gasteiger partial charge in [-0.3, -0.25) is 4.79 Å². The molecule has 1 saturated carbocycles.